The van der Waals surface area contributed by atoms with Gasteiger partial charge in [0.1, 0.15) is 5.75 Å². The first-order valence-corrected chi connectivity index (χ1v) is 8.06. The van der Waals surface area contributed by atoms with Gasteiger partial charge in [-0.15, -0.1) is 0 Å². The zero-order valence-corrected chi connectivity index (χ0v) is 13.3. The van der Waals surface area contributed by atoms with E-state index in [9.17, 15) is 0 Å². The lowest BCUT2D eigenvalue weighted by Gasteiger charge is -2.52. The summed E-state index contributed by atoms with van der Waals surface area (Å²) in [5, 5.41) is 0. The van der Waals surface area contributed by atoms with Crippen LogP contribution < -0.4 is 4.74 Å². The Morgan fingerprint density at radius 3 is 3.05 bits per heavy atom. The number of nitrogens with zero attached hydrogens (tertiary/aromatic N) is 1. The van der Waals surface area contributed by atoms with Crippen molar-refractivity contribution < 1.29 is 4.74 Å². The molecule has 1 aliphatic carbocycles. The number of benzene rings is 1. The van der Waals surface area contributed by atoms with Gasteiger partial charge in [0, 0.05) is 22.8 Å². The molecule has 1 saturated heterocycles. The van der Waals surface area contributed by atoms with E-state index in [1.54, 1.807) is 7.11 Å². The van der Waals surface area contributed by atoms with E-state index in [2.05, 4.69) is 46.1 Å². The molecule has 1 aromatic carbocycles. The van der Waals surface area contributed by atoms with Crippen molar-refractivity contribution in [3.05, 3.63) is 29.8 Å². The second-order valence-electron chi connectivity index (χ2n) is 6.05. The Morgan fingerprint density at radius 2 is 2.26 bits per heavy atom. The smallest absolute Gasteiger partial charge is 0.119 e. The zero-order valence-electron chi connectivity index (χ0n) is 11.7. The number of halogens is 1. The van der Waals surface area contributed by atoms with Gasteiger partial charge in [-0.1, -0.05) is 34.5 Å². The Labute approximate surface area is 124 Å². The SMILES string of the molecule is COc1cccc([C@]23CCC[C@H](C2)N(C)C[C@H]3Br)c1. The van der Waals surface area contributed by atoms with Gasteiger partial charge in [0.2, 0.25) is 0 Å². The molecule has 3 atom stereocenters. The number of likely N-dealkylation sites (tertiary alicyclic amines) is 1. The van der Waals surface area contributed by atoms with Crippen LogP contribution in [0.4, 0.5) is 0 Å². The predicted octanol–water partition coefficient (Wildman–Crippen LogP) is 3.58. The van der Waals surface area contributed by atoms with Crippen LogP contribution in [0.3, 0.4) is 0 Å². The van der Waals surface area contributed by atoms with Crippen molar-refractivity contribution in [2.75, 3.05) is 20.7 Å². The highest BCUT2D eigenvalue weighted by Crippen LogP contribution is 2.49. The van der Waals surface area contributed by atoms with Gasteiger partial charge in [0.25, 0.3) is 0 Å². The molecule has 2 nitrogen and oxygen atoms in total. The highest BCUT2D eigenvalue weighted by molar-refractivity contribution is 9.09. The Balaban J connectivity index is 1.99. The molecule has 2 bridgehead atoms. The van der Waals surface area contributed by atoms with Crippen molar-refractivity contribution in [3.63, 3.8) is 0 Å². The average Bonchev–Trinajstić information content (AvgIpc) is 2.46. The van der Waals surface area contributed by atoms with E-state index in [1.807, 2.05) is 6.07 Å². The number of hydrogen-bond acceptors (Lipinski definition) is 2. The normalized spacial score (nSPS) is 35.1. The van der Waals surface area contributed by atoms with Crippen molar-refractivity contribution in [2.24, 2.45) is 0 Å². The average molecular weight is 324 g/mol. The molecule has 0 amide bonds. The van der Waals surface area contributed by atoms with Gasteiger partial charge < -0.3 is 9.64 Å². The quantitative estimate of drug-likeness (QED) is 0.771. The van der Waals surface area contributed by atoms with E-state index in [0.717, 1.165) is 18.3 Å². The molecule has 3 rings (SSSR count). The van der Waals surface area contributed by atoms with Gasteiger partial charge in [-0.3, -0.25) is 0 Å². The van der Waals surface area contributed by atoms with Gasteiger partial charge >= 0.3 is 0 Å². The van der Waals surface area contributed by atoms with Crippen LogP contribution in [0.1, 0.15) is 31.2 Å². The number of piperidine rings is 1. The third-order valence-electron chi connectivity index (χ3n) is 5.08. The number of rotatable bonds is 2. The first-order valence-electron chi connectivity index (χ1n) is 7.14. The Bertz CT molecular complexity index is 464. The first kappa shape index (κ1) is 13.4. The van der Waals surface area contributed by atoms with Crippen molar-refractivity contribution in [2.45, 2.75) is 42.0 Å². The largest absolute Gasteiger partial charge is 0.497 e. The summed E-state index contributed by atoms with van der Waals surface area (Å²) in [7, 11) is 4.01. The summed E-state index contributed by atoms with van der Waals surface area (Å²) in [4.78, 5) is 3.06. The van der Waals surface area contributed by atoms with E-state index in [4.69, 9.17) is 4.74 Å². The van der Waals surface area contributed by atoms with Gasteiger partial charge in [-0.05, 0) is 44.0 Å². The van der Waals surface area contributed by atoms with Crippen molar-refractivity contribution >= 4 is 15.9 Å². The number of fused-ring (bicyclic) bond motifs is 2. The van der Waals surface area contributed by atoms with Gasteiger partial charge in [0.05, 0.1) is 7.11 Å². The van der Waals surface area contributed by atoms with E-state index in [0.29, 0.717) is 10.2 Å². The summed E-state index contributed by atoms with van der Waals surface area (Å²) in [5.74, 6) is 0.979. The van der Waals surface area contributed by atoms with Crippen LogP contribution in [0, 0.1) is 0 Å². The van der Waals surface area contributed by atoms with Crippen molar-refractivity contribution in [1.82, 2.24) is 4.90 Å². The molecule has 0 unspecified atom stereocenters. The molecule has 3 heteroatoms. The molecule has 1 heterocycles. The fraction of sp³-hybridized carbons (Fsp3) is 0.625. The monoisotopic (exact) mass is 323 g/mol. The molecule has 1 aromatic rings. The molecule has 19 heavy (non-hydrogen) atoms. The Kier molecular flexibility index (Phi) is 3.61. The fourth-order valence-corrected chi connectivity index (χ4v) is 5.03. The van der Waals surface area contributed by atoms with E-state index < -0.39 is 0 Å². The minimum Gasteiger partial charge on any atom is -0.497 e. The highest BCUT2D eigenvalue weighted by Gasteiger charge is 2.48. The highest BCUT2D eigenvalue weighted by atomic mass is 79.9. The number of hydrogen-bond donors (Lipinski definition) is 0. The second-order valence-corrected chi connectivity index (χ2v) is 7.15. The van der Waals surface area contributed by atoms with Crippen LogP contribution >= 0.6 is 15.9 Å². The molecule has 1 aliphatic heterocycles. The van der Waals surface area contributed by atoms with Crippen molar-refractivity contribution in [1.29, 1.82) is 0 Å². The van der Waals surface area contributed by atoms with Gasteiger partial charge in [-0.25, -0.2) is 0 Å². The lowest BCUT2D eigenvalue weighted by atomic mass is 9.63. The van der Waals surface area contributed by atoms with Crippen LogP contribution in [0.25, 0.3) is 0 Å². The minimum absolute atomic E-state index is 0.296. The van der Waals surface area contributed by atoms with Crippen molar-refractivity contribution in [3.8, 4) is 5.75 Å². The summed E-state index contributed by atoms with van der Waals surface area (Å²) in [5.41, 5.74) is 1.75. The van der Waals surface area contributed by atoms with Crippen LogP contribution in [-0.2, 0) is 5.41 Å². The lowest BCUT2D eigenvalue weighted by Crippen LogP contribution is -2.56. The van der Waals surface area contributed by atoms with Crippen LogP contribution in [0.5, 0.6) is 5.75 Å². The second kappa shape index (κ2) is 5.10. The number of ether oxygens (including phenoxy) is 1. The molecule has 2 aliphatic rings. The molecule has 0 N–H and O–H groups in total. The molecule has 0 aromatic heterocycles. The lowest BCUT2D eigenvalue weighted by molar-refractivity contribution is 0.0800. The number of alkyl halides is 1. The summed E-state index contributed by atoms with van der Waals surface area (Å²) < 4.78 is 5.41. The van der Waals surface area contributed by atoms with E-state index in [1.165, 1.54) is 31.2 Å². The molecule has 2 fully saturated rings. The summed E-state index contributed by atoms with van der Waals surface area (Å²) in [6.45, 7) is 1.14. The van der Waals surface area contributed by atoms with Gasteiger partial charge in [-0.2, -0.15) is 0 Å². The first-order chi connectivity index (χ1) is 9.15. The van der Waals surface area contributed by atoms with Crippen LogP contribution in [-0.4, -0.2) is 36.5 Å². The van der Waals surface area contributed by atoms with Gasteiger partial charge in [0.15, 0.2) is 0 Å². The molecule has 1 saturated carbocycles. The molecule has 0 radical (unpaired) electrons. The maximum absolute atomic E-state index is 5.41. The Hall–Kier alpha value is -0.540. The zero-order chi connectivity index (χ0) is 13.5. The Morgan fingerprint density at radius 1 is 1.42 bits per heavy atom. The summed E-state index contributed by atoms with van der Waals surface area (Å²) in [6.07, 6.45) is 5.24. The van der Waals surface area contributed by atoms with E-state index in [-0.39, 0.29) is 0 Å². The fourth-order valence-electron chi connectivity index (χ4n) is 3.89. The third-order valence-corrected chi connectivity index (χ3v) is 6.24. The van der Waals surface area contributed by atoms with Crippen LogP contribution in [0.2, 0.25) is 0 Å². The van der Waals surface area contributed by atoms with E-state index >= 15 is 0 Å². The standard InChI is InChI=1S/C16H22BrNO/c1-18-11-15(17)16(8-4-6-13(18)10-16)12-5-3-7-14(9-12)19-2/h3,5,7,9,13,15H,4,6,8,10-11H2,1-2H3/t13-,15-,16+/m1/s1. The summed E-state index contributed by atoms with van der Waals surface area (Å²) >= 11 is 3.97. The predicted molar refractivity (Wildman–Crippen MR) is 82.3 cm³/mol. The molecule has 0 spiro atoms. The maximum Gasteiger partial charge on any atom is 0.119 e. The topological polar surface area (TPSA) is 12.5 Å². The third kappa shape index (κ3) is 2.21. The maximum atomic E-state index is 5.41. The molecular weight excluding hydrogens is 302 g/mol. The van der Waals surface area contributed by atoms with Crippen LogP contribution in [0.15, 0.2) is 24.3 Å². The minimum atomic E-state index is 0.296. The number of methoxy groups -OCH3 is 1. The molecular formula is C16H22BrNO. The summed E-state index contributed by atoms with van der Waals surface area (Å²) in [6, 6.07) is 9.43. The molecule has 104 valence electrons.